The van der Waals surface area contributed by atoms with Crippen molar-refractivity contribution in [1.29, 1.82) is 0 Å². The van der Waals surface area contributed by atoms with E-state index in [0.29, 0.717) is 5.82 Å². The Morgan fingerprint density at radius 2 is 0.811 bits per heavy atom. The molecule has 248 valence electrons. The van der Waals surface area contributed by atoms with E-state index < -0.39 is 0 Å². The van der Waals surface area contributed by atoms with Gasteiger partial charge in [0, 0.05) is 36.9 Å². The van der Waals surface area contributed by atoms with Crippen LogP contribution in [0.15, 0.2) is 194 Å². The molecule has 10 rings (SSSR count). The van der Waals surface area contributed by atoms with Crippen molar-refractivity contribution in [3.05, 3.63) is 194 Å². The zero-order valence-electron chi connectivity index (χ0n) is 28.8. The molecule has 0 fully saturated rings. The number of nitrogens with zero attached hydrogens (tertiary/aromatic N) is 2. The van der Waals surface area contributed by atoms with Crippen molar-refractivity contribution in [2.24, 2.45) is 0 Å². The molecule has 0 spiro atoms. The largest absolute Gasteiger partial charge is 0.228 e. The Labute approximate surface area is 312 Å². The predicted octanol–water partition coefficient (Wildman–Crippen LogP) is 14.0. The Balaban J connectivity index is 0.959. The molecule has 0 aliphatic heterocycles. The quantitative estimate of drug-likeness (QED) is 0.173. The summed E-state index contributed by atoms with van der Waals surface area (Å²) in [4.78, 5) is 10.2. The molecule has 10 aromatic rings. The van der Waals surface area contributed by atoms with Crippen LogP contribution in [-0.2, 0) is 0 Å². The van der Waals surface area contributed by atoms with E-state index in [1.807, 2.05) is 17.4 Å². The molecule has 0 unspecified atom stereocenters. The highest BCUT2D eigenvalue weighted by Gasteiger charge is 2.13. The van der Waals surface area contributed by atoms with Crippen LogP contribution in [0.5, 0.6) is 0 Å². The standard InChI is InChI=1S/C50H32N2S/c1-2-10-38(11-3-1)46-32-47(39-25-23-37(24-26-39)43-15-8-12-36-9-4-5-13-42(36)43)52-50(51-46)40-27-21-34(22-28-40)33-17-19-35(20-18-33)41-29-30-49-45(31-41)44-14-6-7-16-48(44)53-49/h1-32H. The number of benzene rings is 8. The van der Waals surface area contributed by atoms with Crippen LogP contribution in [0.2, 0.25) is 0 Å². The topological polar surface area (TPSA) is 25.8 Å². The zero-order valence-corrected chi connectivity index (χ0v) is 29.6. The second-order valence-electron chi connectivity index (χ2n) is 13.4. The van der Waals surface area contributed by atoms with Gasteiger partial charge in [0.05, 0.1) is 11.4 Å². The Hall–Kier alpha value is -6.68. The van der Waals surface area contributed by atoms with Gasteiger partial charge in [-0.2, -0.15) is 0 Å². The van der Waals surface area contributed by atoms with Crippen molar-refractivity contribution >= 4 is 42.3 Å². The third kappa shape index (κ3) is 5.87. The third-order valence-corrected chi connectivity index (χ3v) is 11.3. The van der Waals surface area contributed by atoms with Crippen LogP contribution < -0.4 is 0 Å². The molecule has 0 radical (unpaired) electrons. The van der Waals surface area contributed by atoms with Crippen LogP contribution in [0.4, 0.5) is 0 Å². The molecule has 0 N–H and O–H groups in total. The number of thiophene rings is 1. The van der Waals surface area contributed by atoms with E-state index in [2.05, 4.69) is 188 Å². The van der Waals surface area contributed by atoms with Gasteiger partial charge in [-0.05, 0) is 68.4 Å². The summed E-state index contributed by atoms with van der Waals surface area (Å²) in [7, 11) is 0. The van der Waals surface area contributed by atoms with Crippen molar-refractivity contribution < 1.29 is 0 Å². The van der Waals surface area contributed by atoms with Crippen LogP contribution in [0.25, 0.3) is 98.2 Å². The number of rotatable bonds is 6. The first-order valence-electron chi connectivity index (χ1n) is 17.9. The lowest BCUT2D eigenvalue weighted by atomic mass is 9.97. The van der Waals surface area contributed by atoms with Crippen LogP contribution >= 0.6 is 11.3 Å². The molecular formula is C50H32N2S. The summed E-state index contributed by atoms with van der Waals surface area (Å²) in [6.07, 6.45) is 0. The monoisotopic (exact) mass is 692 g/mol. The second-order valence-corrected chi connectivity index (χ2v) is 14.5. The minimum absolute atomic E-state index is 0.706. The van der Waals surface area contributed by atoms with Gasteiger partial charge in [-0.15, -0.1) is 11.3 Å². The minimum atomic E-state index is 0.706. The summed E-state index contributed by atoms with van der Waals surface area (Å²) >= 11 is 1.85. The van der Waals surface area contributed by atoms with Gasteiger partial charge in [0.1, 0.15) is 0 Å². The molecule has 2 aromatic heterocycles. The Morgan fingerprint density at radius 1 is 0.302 bits per heavy atom. The van der Waals surface area contributed by atoms with Crippen molar-refractivity contribution in [2.75, 3.05) is 0 Å². The van der Waals surface area contributed by atoms with Crippen molar-refractivity contribution in [1.82, 2.24) is 9.97 Å². The SMILES string of the molecule is c1ccc(-c2cc(-c3ccc(-c4cccc5ccccc45)cc3)nc(-c3ccc(-c4ccc(-c5ccc6sc7ccccc7c6c5)cc4)cc3)n2)cc1. The molecule has 2 nitrogen and oxygen atoms in total. The maximum absolute atomic E-state index is 5.13. The first-order valence-corrected chi connectivity index (χ1v) is 18.7. The molecule has 0 saturated carbocycles. The van der Waals surface area contributed by atoms with Crippen LogP contribution in [-0.4, -0.2) is 9.97 Å². The molecule has 53 heavy (non-hydrogen) atoms. The van der Waals surface area contributed by atoms with Gasteiger partial charge < -0.3 is 0 Å². The summed E-state index contributed by atoms with van der Waals surface area (Å²) in [5, 5.41) is 5.14. The summed E-state index contributed by atoms with van der Waals surface area (Å²) < 4.78 is 2.66. The lowest BCUT2D eigenvalue weighted by molar-refractivity contribution is 1.18. The van der Waals surface area contributed by atoms with Gasteiger partial charge in [0.2, 0.25) is 0 Å². The van der Waals surface area contributed by atoms with E-state index in [1.165, 1.54) is 58.8 Å². The summed E-state index contributed by atoms with van der Waals surface area (Å²) in [6, 6.07) is 69.2. The maximum atomic E-state index is 5.13. The summed E-state index contributed by atoms with van der Waals surface area (Å²) in [5.74, 6) is 0.706. The van der Waals surface area contributed by atoms with Crippen molar-refractivity contribution in [3.8, 4) is 67.3 Å². The fourth-order valence-electron chi connectivity index (χ4n) is 7.35. The van der Waals surface area contributed by atoms with E-state index in [0.717, 1.165) is 33.6 Å². The normalized spacial score (nSPS) is 11.4. The second kappa shape index (κ2) is 13.1. The van der Waals surface area contributed by atoms with Gasteiger partial charge in [-0.25, -0.2) is 9.97 Å². The van der Waals surface area contributed by atoms with Gasteiger partial charge in [0.25, 0.3) is 0 Å². The molecule has 0 aliphatic carbocycles. The number of fused-ring (bicyclic) bond motifs is 4. The molecule has 3 heteroatoms. The molecule has 0 aliphatic rings. The molecular weight excluding hydrogens is 661 g/mol. The van der Waals surface area contributed by atoms with Gasteiger partial charge >= 0.3 is 0 Å². The van der Waals surface area contributed by atoms with Crippen LogP contribution in [0, 0.1) is 0 Å². The zero-order chi connectivity index (χ0) is 35.1. The minimum Gasteiger partial charge on any atom is -0.228 e. The summed E-state index contributed by atoms with van der Waals surface area (Å²) in [6.45, 7) is 0. The average Bonchev–Trinajstić information content (AvgIpc) is 3.62. The molecule has 2 heterocycles. The third-order valence-electron chi connectivity index (χ3n) is 10.1. The lowest BCUT2D eigenvalue weighted by Gasteiger charge is -2.11. The highest BCUT2D eigenvalue weighted by atomic mass is 32.1. The summed E-state index contributed by atoms with van der Waals surface area (Å²) in [5.41, 5.74) is 12.1. The van der Waals surface area contributed by atoms with Crippen LogP contribution in [0.1, 0.15) is 0 Å². The van der Waals surface area contributed by atoms with E-state index in [4.69, 9.17) is 9.97 Å². The Bertz CT molecular complexity index is 2900. The van der Waals surface area contributed by atoms with Gasteiger partial charge in [-0.3, -0.25) is 0 Å². The van der Waals surface area contributed by atoms with Crippen LogP contribution in [0.3, 0.4) is 0 Å². The molecule has 0 saturated heterocycles. The lowest BCUT2D eigenvalue weighted by Crippen LogP contribution is -1.96. The van der Waals surface area contributed by atoms with Crippen molar-refractivity contribution in [2.45, 2.75) is 0 Å². The number of hydrogen-bond donors (Lipinski definition) is 0. The predicted molar refractivity (Wildman–Crippen MR) is 225 cm³/mol. The first kappa shape index (κ1) is 31.1. The number of aromatic nitrogens is 2. The van der Waals surface area contributed by atoms with Gasteiger partial charge in [-0.1, -0.05) is 170 Å². The number of hydrogen-bond acceptors (Lipinski definition) is 3. The maximum Gasteiger partial charge on any atom is 0.160 e. The fraction of sp³-hybridized carbons (Fsp3) is 0. The smallest absolute Gasteiger partial charge is 0.160 e. The molecule has 0 bridgehead atoms. The Kier molecular flexibility index (Phi) is 7.71. The highest BCUT2D eigenvalue weighted by molar-refractivity contribution is 7.25. The molecule has 0 atom stereocenters. The van der Waals surface area contributed by atoms with E-state index in [1.54, 1.807) is 0 Å². The molecule has 0 amide bonds. The average molecular weight is 693 g/mol. The van der Waals surface area contributed by atoms with Gasteiger partial charge in [0.15, 0.2) is 5.82 Å². The fourth-order valence-corrected chi connectivity index (χ4v) is 8.44. The van der Waals surface area contributed by atoms with E-state index >= 15 is 0 Å². The first-order chi connectivity index (χ1) is 26.2. The highest BCUT2D eigenvalue weighted by Crippen LogP contribution is 2.37. The molecule has 8 aromatic carbocycles. The van der Waals surface area contributed by atoms with Crippen molar-refractivity contribution in [3.63, 3.8) is 0 Å². The Morgan fingerprint density at radius 3 is 1.55 bits per heavy atom. The van der Waals surface area contributed by atoms with E-state index in [-0.39, 0.29) is 0 Å². The van der Waals surface area contributed by atoms with E-state index in [9.17, 15) is 0 Å².